The van der Waals surface area contributed by atoms with Crippen LogP contribution in [0.3, 0.4) is 0 Å². The van der Waals surface area contributed by atoms with Crippen LogP contribution in [0.15, 0.2) is 13.2 Å². The van der Waals surface area contributed by atoms with Gasteiger partial charge >= 0.3 is 5.97 Å². The Kier molecular flexibility index (Phi) is 12.4. The van der Waals surface area contributed by atoms with E-state index in [1.54, 1.807) is 0 Å². The van der Waals surface area contributed by atoms with Gasteiger partial charge in [0.1, 0.15) is 6.61 Å². The van der Waals surface area contributed by atoms with Gasteiger partial charge in [0.15, 0.2) is 0 Å². The molecule has 0 unspecified atom stereocenters. The van der Waals surface area contributed by atoms with Crippen LogP contribution >= 0.6 is 0 Å². The van der Waals surface area contributed by atoms with Crippen LogP contribution in [-0.2, 0) is 14.6 Å². The fraction of sp³-hybridized carbons (Fsp3) is 0.400. The molecule has 0 aliphatic rings. The second-order valence-electron chi connectivity index (χ2n) is 0.780. The fourth-order valence-electron chi connectivity index (χ4n) is 0.119. The quantitative estimate of drug-likeness (QED) is 0.325. The molecule has 0 radical (unpaired) electrons. The third-order valence-corrected chi connectivity index (χ3v) is 0.305. The second kappa shape index (κ2) is 10.2. The summed E-state index contributed by atoms with van der Waals surface area (Å²) in [4.78, 5) is 17.5. The van der Waals surface area contributed by atoms with E-state index >= 15 is 0 Å². The molecular weight excluding hydrogens is 124 g/mol. The maximum Gasteiger partial charge on any atom is 0.367 e. The van der Waals surface area contributed by atoms with Crippen LogP contribution in [0.5, 0.6) is 0 Å². The van der Waals surface area contributed by atoms with Crippen molar-refractivity contribution in [3.05, 3.63) is 13.2 Å². The van der Waals surface area contributed by atoms with Gasteiger partial charge in [0.05, 0.1) is 7.11 Å². The maximum absolute atomic E-state index is 9.81. The standard InChI is InChI=1S/C3H6O4.C2H4/c1-6-7-3(5)2-4;1-2/h4H,2H2,1H3;1-2H2. The first-order chi connectivity index (χ1) is 4.31. The van der Waals surface area contributed by atoms with Crippen LogP contribution in [-0.4, -0.2) is 24.8 Å². The Labute approximate surface area is 53.6 Å². The van der Waals surface area contributed by atoms with E-state index in [4.69, 9.17) is 5.11 Å². The number of carbonyl (C=O) groups excluding carboxylic acids is 1. The Morgan fingerprint density at radius 3 is 2.22 bits per heavy atom. The number of hydrogen-bond donors (Lipinski definition) is 1. The van der Waals surface area contributed by atoms with Gasteiger partial charge in [-0.2, -0.15) is 4.89 Å². The van der Waals surface area contributed by atoms with Gasteiger partial charge in [-0.3, -0.25) is 4.89 Å². The molecule has 0 saturated heterocycles. The molecule has 0 heterocycles. The van der Waals surface area contributed by atoms with E-state index in [-0.39, 0.29) is 0 Å². The van der Waals surface area contributed by atoms with Crippen LogP contribution in [0.4, 0.5) is 0 Å². The van der Waals surface area contributed by atoms with Crippen molar-refractivity contribution in [2.75, 3.05) is 13.7 Å². The first-order valence-electron chi connectivity index (χ1n) is 2.15. The summed E-state index contributed by atoms with van der Waals surface area (Å²) >= 11 is 0. The number of hydrogen-bond acceptors (Lipinski definition) is 4. The van der Waals surface area contributed by atoms with Crippen LogP contribution in [0.1, 0.15) is 0 Å². The average molecular weight is 134 g/mol. The van der Waals surface area contributed by atoms with Crippen molar-refractivity contribution in [1.82, 2.24) is 0 Å². The van der Waals surface area contributed by atoms with Crippen LogP contribution in [0, 0.1) is 0 Å². The maximum atomic E-state index is 9.81. The number of aliphatic hydroxyl groups is 1. The highest BCUT2D eigenvalue weighted by atomic mass is 17.2. The Bertz CT molecular complexity index is 71.4. The number of rotatable bonds is 2. The minimum atomic E-state index is -0.789. The molecule has 0 aliphatic carbocycles. The summed E-state index contributed by atoms with van der Waals surface area (Å²) in [6.07, 6.45) is 0. The summed E-state index contributed by atoms with van der Waals surface area (Å²) in [6.45, 7) is 5.36. The van der Waals surface area contributed by atoms with Gasteiger partial charge in [-0.25, -0.2) is 4.79 Å². The van der Waals surface area contributed by atoms with Crippen molar-refractivity contribution in [1.29, 1.82) is 0 Å². The van der Waals surface area contributed by atoms with Gasteiger partial charge < -0.3 is 5.11 Å². The Morgan fingerprint density at radius 2 is 2.11 bits per heavy atom. The SMILES string of the molecule is C=C.COOC(=O)CO. The average Bonchev–Trinajstić information content (AvgIpc) is 1.93. The van der Waals surface area contributed by atoms with Crippen LogP contribution in [0.2, 0.25) is 0 Å². The van der Waals surface area contributed by atoms with Gasteiger partial charge in [0.2, 0.25) is 0 Å². The first kappa shape index (κ1) is 11.0. The molecule has 0 aromatic heterocycles. The molecule has 0 saturated carbocycles. The zero-order valence-corrected chi connectivity index (χ0v) is 5.29. The molecule has 9 heavy (non-hydrogen) atoms. The first-order valence-corrected chi connectivity index (χ1v) is 2.15. The molecule has 0 aromatic rings. The Hall–Kier alpha value is -0.870. The molecule has 54 valence electrons. The van der Waals surface area contributed by atoms with Crippen molar-refractivity contribution in [2.24, 2.45) is 0 Å². The topological polar surface area (TPSA) is 55.8 Å². The summed E-state index contributed by atoms with van der Waals surface area (Å²) in [5, 5.41) is 7.91. The normalized spacial score (nSPS) is 6.89. The lowest BCUT2D eigenvalue weighted by molar-refractivity contribution is -0.257. The van der Waals surface area contributed by atoms with E-state index < -0.39 is 12.6 Å². The molecule has 0 aliphatic heterocycles. The lowest BCUT2D eigenvalue weighted by Gasteiger charge is -1.91. The molecule has 0 fully saturated rings. The van der Waals surface area contributed by atoms with E-state index in [9.17, 15) is 4.79 Å². The van der Waals surface area contributed by atoms with Gasteiger partial charge in [0.25, 0.3) is 0 Å². The highest BCUT2D eigenvalue weighted by molar-refractivity contribution is 5.69. The van der Waals surface area contributed by atoms with E-state index in [0.717, 1.165) is 0 Å². The Morgan fingerprint density at radius 1 is 1.67 bits per heavy atom. The summed E-state index contributed by atoms with van der Waals surface area (Å²) in [7, 11) is 1.19. The Balaban J connectivity index is 0. The fourth-order valence-corrected chi connectivity index (χ4v) is 0.119. The van der Waals surface area contributed by atoms with E-state index in [1.807, 2.05) is 0 Å². The molecule has 0 aromatic carbocycles. The molecule has 1 N–H and O–H groups in total. The van der Waals surface area contributed by atoms with E-state index in [0.29, 0.717) is 0 Å². The van der Waals surface area contributed by atoms with Gasteiger partial charge in [-0.05, 0) is 0 Å². The number of carbonyl (C=O) groups is 1. The van der Waals surface area contributed by atoms with Gasteiger partial charge in [-0.15, -0.1) is 13.2 Å². The third-order valence-electron chi connectivity index (χ3n) is 0.305. The zero-order valence-electron chi connectivity index (χ0n) is 5.29. The molecular formula is C5H10O4. The highest BCUT2D eigenvalue weighted by Gasteiger charge is 1.95. The molecule has 4 nitrogen and oxygen atoms in total. The smallest absolute Gasteiger partial charge is 0.367 e. The molecule has 4 heteroatoms. The molecule has 0 rings (SSSR count). The van der Waals surface area contributed by atoms with Crippen LogP contribution < -0.4 is 0 Å². The predicted molar refractivity (Wildman–Crippen MR) is 31.4 cm³/mol. The monoisotopic (exact) mass is 134 g/mol. The molecule has 0 bridgehead atoms. The molecule has 0 amide bonds. The zero-order chi connectivity index (χ0) is 7.70. The second-order valence-corrected chi connectivity index (χ2v) is 0.780. The van der Waals surface area contributed by atoms with Crippen molar-refractivity contribution < 1.29 is 19.7 Å². The largest absolute Gasteiger partial charge is 0.385 e. The third kappa shape index (κ3) is 11.0. The molecule has 0 atom stereocenters. The van der Waals surface area contributed by atoms with Crippen molar-refractivity contribution in [3.8, 4) is 0 Å². The van der Waals surface area contributed by atoms with E-state index in [2.05, 4.69) is 22.9 Å². The van der Waals surface area contributed by atoms with Crippen molar-refractivity contribution >= 4 is 5.97 Å². The lowest BCUT2D eigenvalue weighted by Crippen LogP contribution is -2.07. The highest BCUT2D eigenvalue weighted by Crippen LogP contribution is 1.71. The minimum Gasteiger partial charge on any atom is -0.385 e. The predicted octanol–water partition coefficient (Wildman–Crippen LogP) is -0.114. The number of aliphatic hydroxyl groups excluding tert-OH is 1. The van der Waals surface area contributed by atoms with Crippen molar-refractivity contribution in [3.63, 3.8) is 0 Å². The van der Waals surface area contributed by atoms with E-state index in [1.165, 1.54) is 7.11 Å². The molecule has 0 spiro atoms. The lowest BCUT2D eigenvalue weighted by atomic mass is 10.8. The minimum absolute atomic E-state index is 0.645. The summed E-state index contributed by atoms with van der Waals surface area (Å²) < 4.78 is 0. The van der Waals surface area contributed by atoms with Crippen LogP contribution in [0.25, 0.3) is 0 Å². The van der Waals surface area contributed by atoms with Gasteiger partial charge in [0, 0.05) is 0 Å². The summed E-state index contributed by atoms with van der Waals surface area (Å²) in [6, 6.07) is 0. The summed E-state index contributed by atoms with van der Waals surface area (Å²) in [5.74, 6) is -0.789. The van der Waals surface area contributed by atoms with Crippen molar-refractivity contribution in [2.45, 2.75) is 0 Å². The summed E-state index contributed by atoms with van der Waals surface area (Å²) in [5.41, 5.74) is 0. The van der Waals surface area contributed by atoms with Gasteiger partial charge in [-0.1, -0.05) is 0 Å².